The van der Waals surface area contributed by atoms with Crippen molar-refractivity contribution in [3.05, 3.63) is 65.2 Å². The molecule has 0 aliphatic carbocycles. The number of carbonyl (C=O) groups is 2. The van der Waals surface area contributed by atoms with Crippen LogP contribution in [0.4, 0.5) is 5.69 Å². The zero-order chi connectivity index (χ0) is 15.2. The number of anilines is 1. The van der Waals surface area contributed by atoms with Gasteiger partial charge in [0.15, 0.2) is 0 Å². The van der Waals surface area contributed by atoms with Crippen molar-refractivity contribution in [1.82, 2.24) is 5.32 Å². The zero-order valence-corrected chi connectivity index (χ0v) is 12.1. The van der Waals surface area contributed by atoms with E-state index >= 15 is 0 Å². The summed E-state index contributed by atoms with van der Waals surface area (Å²) < 4.78 is 0. The highest BCUT2D eigenvalue weighted by atomic mass is 16.2. The molecule has 0 unspecified atom stereocenters. The second-order valence-electron chi connectivity index (χ2n) is 4.99. The highest BCUT2D eigenvalue weighted by Crippen LogP contribution is 2.09. The largest absolute Gasteiger partial charge is 0.344 e. The zero-order valence-electron chi connectivity index (χ0n) is 12.1. The fourth-order valence-electron chi connectivity index (χ4n) is 1.88. The molecule has 21 heavy (non-hydrogen) atoms. The van der Waals surface area contributed by atoms with Gasteiger partial charge in [0.1, 0.15) is 0 Å². The van der Waals surface area contributed by atoms with E-state index in [9.17, 15) is 9.59 Å². The summed E-state index contributed by atoms with van der Waals surface area (Å²) in [5, 5.41) is 5.18. The van der Waals surface area contributed by atoms with Gasteiger partial charge in [-0.05, 0) is 37.1 Å². The van der Waals surface area contributed by atoms with Crippen LogP contribution >= 0.6 is 0 Å². The topological polar surface area (TPSA) is 58.2 Å². The van der Waals surface area contributed by atoms with Crippen LogP contribution in [0.5, 0.6) is 0 Å². The van der Waals surface area contributed by atoms with Gasteiger partial charge in [0.2, 0.25) is 0 Å². The molecule has 2 amide bonds. The Morgan fingerprint density at radius 3 is 2.29 bits per heavy atom. The molecule has 4 nitrogen and oxygen atoms in total. The van der Waals surface area contributed by atoms with Gasteiger partial charge >= 0.3 is 11.8 Å². The number of hydrogen-bond donors (Lipinski definition) is 2. The molecule has 0 bridgehead atoms. The lowest BCUT2D eigenvalue weighted by Crippen LogP contribution is -2.34. The van der Waals surface area contributed by atoms with Crippen LogP contribution in [-0.4, -0.2) is 11.8 Å². The fourth-order valence-corrected chi connectivity index (χ4v) is 1.88. The quantitative estimate of drug-likeness (QED) is 0.850. The molecule has 0 aromatic heterocycles. The van der Waals surface area contributed by atoms with Gasteiger partial charge in [-0.15, -0.1) is 0 Å². The van der Waals surface area contributed by atoms with Crippen LogP contribution < -0.4 is 10.6 Å². The Labute approximate surface area is 124 Å². The Balaban J connectivity index is 1.88. The van der Waals surface area contributed by atoms with Crippen LogP contribution in [0.15, 0.2) is 48.5 Å². The first-order chi connectivity index (χ1) is 10.0. The summed E-state index contributed by atoms with van der Waals surface area (Å²) in [5.74, 6) is -1.30. The van der Waals surface area contributed by atoms with Gasteiger partial charge in [0, 0.05) is 12.2 Å². The molecule has 0 radical (unpaired) electrons. The number of rotatable bonds is 3. The van der Waals surface area contributed by atoms with Crippen LogP contribution in [0, 0.1) is 13.8 Å². The van der Waals surface area contributed by atoms with Crippen LogP contribution in [-0.2, 0) is 16.1 Å². The predicted octanol–water partition coefficient (Wildman–Crippen LogP) is 2.56. The average molecular weight is 282 g/mol. The van der Waals surface area contributed by atoms with E-state index in [0.29, 0.717) is 12.2 Å². The molecule has 2 aromatic carbocycles. The summed E-state index contributed by atoms with van der Waals surface area (Å²) in [5.41, 5.74) is 3.75. The van der Waals surface area contributed by atoms with Crippen LogP contribution in [0.2, 0.25) is 0 Å². The molecule has 0 aliphatic heterocycles. The van der Waals surface area contributed by atoms with E-state index in [1.165, 1.54) is 0 Å². The van der Waals surface area contributed by atoms with E-state index in [2.05, 4.69) is 10.6 Å². The van der Waals surface area contributed by atoms with Gasteiger partial charge in [-0.25, -0.2) is 0 Å². The maximum atomic E-state index is 11.8. The molecule has 0 saturated carbocycles. The van der Waals surface area contributed by atoms with E-state index in [4.69, 9.17) is 0 Å². The third-order valence-electron chi connectivity index (χ3n) is 3.06. The smallest absolute Gasteiger partial charge is 0.313 e. The van der Waals surface area contributed by atoms with Crippen molar-refractivity contribution >= 4 is 17.5 Å². The van der Waals surface area contributed by atoms with Crippen LogP contribution in [0.3, 0.4) is 0 Å². The van der Waals surface area contributed by atoms with Crippen molar-refractivity contribution in [1.29, 1.82) is 0 Å². The van der Waals surface area contributed by atoms with Crippen molar-refractivity contribution in [2.24, 2.45) is 0 Å². The standard InChI is InChI=1S/C17H18N2O2/c1-12-6-8-14(9-7-12)11-18-16(20)17(21)19-15-5-3-4-13(2)10-15/h3-10H,11H2,1-2H3,(H,18,20)(H,19,21). The van der Waals surface area contributed by atoms with Crippen molar-refractivity contribution in [3.8, 4) is 0 Å². The first-order valence-electron chi connectivity index (χ1n) is 6.76. The Hall–Kier alpha value is -2.62. The minimum atomic E-state index is -0.660. The Morgan fingerprint density at radius 1 is 0.905 bits per heavy atom. The molecule has 2 N–H and O–H groups in total. The molecule has 4 heteroatoms. The number of nitrogens with one attached hydrogen (secondary N) is 2. The van der Waals surface area contributed by atoms with Crippen molar-refractivity contribution in [3.63, 3.8) is 0 Å². The minimum absolute atomic E-state index is 0.334. The SMILES string of the molecule is Cc1ccc(CNC(=O)C(=O)Nc2cccc(C)c2)cc1. The van der Waals surface area contributed by atoms with Crippen LogP contribution in [0.1, 0.15) is 16.7 Å². The van der Waals surface area contributed by atoms with Gasteiger partial charge in [0.05, 0.1) is 0 Å². The van der Waals surface area contributed by atoms with Crippen LogP contribution in [0.25, 0.3) is 0 Å². The third-order valence-corrected chi connectivity index (χ3v) is 3.06. The van der Waals surface area contributed by atoms with Gasteiger partial charge < -0.3 is 10.6 Å². The molecule has 0 heterocycles. The first kappa shape index (κ1) is 14.8. The van der Waals surface area contributed by atoms with Crippen molar-refractivity contribution in [2.75, 3.05) is 5.32 Å². The maximum absolute atomic E-state index is 11.8. The summed E-state index contributed by atoms with van der Waals surface area (Å²) in [7, 11) is 0. The number of hydrogen-bond acceptors (Lipinski definition) is 2. The minimum Gasteiger partial charge on any atom is -0.344 e. The molecule has 2 rings (SSSR count). The lowest BCUT2D eigenvalue weighted by molar-refractivity contribution is -0.136. The predicted molar refractivity (Wildman–Crippen MR) is 82.8 cm³/mol. The molecule has 0 fully saturated rings. The van der Waals surface area contributed by atoms with Crippen molar-refractivity contribution in [2.45, 2.75) is 20.4 Å². The molecule has 0 spiro atoms. The molecule has 0 atom stereocenters. The van der Waals surface area contributed by atoms with E-state index in [0.717, 1.165) is 16.7 Å². The summed E-state index contributed by atoms with van der Waals surface area (Å²) in [6.07, 6.45) is 0. The number of carbonyl (C=O) groups excluding carboxylic acids is 2. The highest BCUT2D eigenvalue weighted by molar-refractivity contribution is 6.39. The van der Waals surface area contributed by atoms with Gasteiger partial charge in [-0.3, -0.25) is 9.59 Å². The Bertz CT molecular complexity index is 648. The first-order valence-corrected chi connectivity index (χ1v) is 6.76. The second kappa shape index (κ2) is 6.70. The van der Waals surface area contributed by atoms with Crippen molar-refractivity contribution < 1.29 is 9.59 Å². The van der Waals surface area contributed by atoms with Gasteiger partial charge in [-0.1, -0.05) is 42.0 Å². The molecule has 2 aromatic rings. The van der Waals surface area contributed by atoms with E-state index in [-0.39, 0.29) is 0 Å². The summed E-state index contributed by atoms with van der Waals surface area (Å²) in [6, 6.07) is 15.1. The van der Waals surface area contributed by atoms with Gasteiger partial charge in [-0.2, -0.15) is 0 Å². The molecule has 108 valence electrons. The number of amides is 2. The molecular weight excluding hydrogens is 264 g/mol. The lowest BCUT2D eigenvalue weighted by Gasteiger charge is -2.07. The maximum Gasteiger partial charge on any atom is 0.313 e. The van der Waals surface area contributed by atoms with Gasteiger partial charge in [0.25, 0.3) is 0 Å². The van der Waals surface area contributed by atoms with E-state index in [1.807, 2.05) is 56.3 Å². The monoisotopic (exact) mass is 282 g/mol. The molecule has 0 aliphatic rings. The average Bonchev–Trinajstić information content (AvgIpc) is 2.46. The molecular formula is C17H18N2O2. The van der Waals surface area contributed by atoms with E-state index < -0.39 is 11.8 Å². The fraction of sp³-hybridized carbons (Fsp3) is 0.176. The number of aryl methyl sites for hydroxylation is 2. The Morgan fingerprint density at radius 2 is 1.62 bits per heavy atom. The Kier molecular flexibility index (Phi) is 4.72. The molecule has 0 saturated heterocycles. The summed E-state index contributed by atoms with van der Waals surface area (Å²) in [6.45, 7) is 4.26. The number of benzene rings is 2. The van der Waals surface area contributed by atoms with E-state index in [1.54, 1.807) is 6.07 Å². The summed E-state index contributed by atoms with van der Waals surface area (Å²) in [4.78, 5) is 23.5. The highest BCUT2D eigenvalue weighted by Gasteiger charge is 2.13. The second-order valence-corrected chi connectivity index (χ2v) is 4.99. The normalized spacial score (nSPS) is 10.0. The third kappa shape index (κ3) is 4.45. The summed E-state index contributed by atoms with van der Waals surface area (Å²) >= 11 is 0. The lowest BCUT2D eigenvalue weighted by atomic mass is 10.1.